The molecule has 5 nitrogen and oxygen atoms in total. The van der Waals surface area contributed by atoms with Gasteiger partial charge in [-0.1, -0.05) is 60.7 Å². The molecule has 2 aromatic carbocycles. The first-order chi connectivity index (χ1) is 14.4. The number of carbonyl (C=O) groups excluding carboxylic acids is 2. The average Bonchev–Trinajstić information content (AvgIpc) is 3.02. The molecule has 0 atom stereocenters. The molecule has 0 unspecified atom stereocenters. The molecule has 7 heteroatoms. The molecule has 0 aliphatic heterocycles. The molecule has 0 saturated carbocycles. The van der Waals surface area contributed by atoms with Crippen LogP contribution in [-0.2, 0) is 17.6 Å². The number of aryl methyl sites for hydroxylation is 1. The van der Waals surface area contributed by atoms with Crippen LogP contribution in [0.25, 0.3) is 0 Å². The highest BCUT2D eigenvalue weighted by Gasteiger charge is 2.20. The number of anilines is 1. The number of thiocarbonyl (C=S) groups is 1. The van der Waals surface area contributed by atoms with Crippen molar-refractivity contribution < 1.29 is 9.59 Å². The number of nitrogens with one attached hydrogen (secondary N) is 2. The third kappa shape index (κ3) is 5.75. The Labute approximate surface area is 185 Å². The molecule has 0 radical (unpaired) electrons. The van der Waals surface area contributed by atoms with Crippen molar-refractivity contribution in [3.05, 3.63) is 87.8 Å². The molecule has 2 amide bonds. The van der Waals surface area contributed by atoms with Gasteiger partial charge in [0, 0.05) is 17.7 Å². The van der Waals surface area contributed by atoms with Gasteiger partial charge in [0.2, 0.25) is 5.91 Å². The molecule has 0 fully saturated rings. The van der Waals surface area contributed by atoms with Crippen molar-refractivity contribution in [2.75, 3.05) is 5.32 Å². The summed E-state index contributed by atoms with van der Waals surface area (Å²) in [5, 5.41) is 6.37. The molecule has 4 N–H and O–H groups in total. The minimum atomic E-state index is -0.524. The number of rotatable bonds is 7. The largest absolute Gasteiger partial charge is 0.365 e. The van der Waals surface area contributed by atoms with Crippen LogP contribution in [0.15, 0.2) is 60.7 Å². The van der Waals surface area contributed by atoms with Crippen molar-refractivity contribution in [3.8, 4) is 0 Å². The summed E-state index contributed by atoms with van der Waals surface area (Å²) >= 11 is 6.71. The maximum atomic E-state index is 12.2. The van der Waals surface area contributed by atoms with Gasteiger partial charge in [-0.05, 0) is 42.3 Å². The van der Waals surface area contributed by atoms with E-state index in [2.05, 4.69) is 10.6 Å². The monoisotopic (exact) mass is 437 g/mol. The normalized spacial score (nSPS) is 10.4. The van der Waals surface area contributed by atoms with Crippen LogP contribution in [-0.4, -0.2) is 16.9 Å². The zero-order valence-corrected chi connectivity index (χ0v) is 18.2. The van der Waals surface area contributed by atoms with Gasteiger partial charge in [-0.2, -0.15) is 0 Å². The van der Waals surface area contributed by atoms with Crippen LogP contribution in [0.5, 0.6) is 0 Å². The molecule has 30 heavy (non-hydrogen) atoms. The van der Waals surface area contributed by atoms with E-state index < -0.39 is 5.91 Å². The summed E-state index contributed by atoms with van der Waals surface area (Å²) in [7, 11) is 0. The van der Waals surface area contributed by atoms with E-state index in [1.165, 1.54) is 11.3 Å². The minimum Gasteiger partial charge on any atom is -0.365 e. The highest BCUT2D eigenvalue weighted by Crippen LogP contribution is 2.34. The van der Waals surface area contributed by atoms with Crippen molar-refractivity contribution in [2.24, 2.45) is 5.73 Å². The summed E-state index contributed by atoms with van der Waals surface area (Å²) in [5.41, 5.74) is 9.07. The molecule has 0 aliphatic carbocycles. The van der Waals surface area contributed by atoms with E-state index in [1.807, 2.05) is 67.6 Å². The third-order valence-corrected chi connectivity index (χ3v) is 6.07. The minimum absolute atomic E-state index is 0.156. The Balaban J connectivity index is 1.65. The quantitative estimate of drug-likeness (QED) is 0.484. The first-order valence-electron chi connectivity index (χ1n) is 9.54. The number of amides is 2. The second-order valence-corrected chi connectivity index (χ2v) is 8.38. The fourth-order valence-electron chi connectivity index (χ4n) is 3.12. The van der Waals surface area contributed by atoms with Gasteiger partial charge >= 0.3 is 0 Å². The van der Waals surface area contributed by atoms with Crippen LogP contribution in [0.2, 0.25) is 0 Å². The van der Waals surface area contributed by atoms with Gasteiger partial charge < -0.3 is 16.4 Å². The Kier molecular flexibility index (Phi) is 7.32. The van der Waals surface area contributed by atoms with Gasteiger partial charge in [-0.3, -0.25) is 9.59 Å². The van der Waals surface area contributed by atoms with Crippen molar-refractivity contribution in [3.63, 3.8) is 0 Å². The summed E-state index contributed by atoms with van der Waals surface area (Å²) in [6, 6.07) is 19.8. The molecule has 154 valence electrons. The lowest BCUT2D eigenvalue weighted by Gasteiger charge is -2.09. The zero-order valence-electron chi connectivity index (χ0n) is 16.6. The van der Waals surface area contributed by atoms with E-state index >= 15 is 0 Å². The Hall–Kier alpha value is -3.03. The molecule has 0 spiro atoms. The number of nitrogens with two attached hydrogens (primary N) is 1. The van der Waals surface area contributed by atoms with Gasteiger partial charge in [0.1, 0.15) is 5.00 Å². The smallest absolute Gasteiger partial charge is 0.251 e. The van der Waals surface area contributed by atoms with Crippen LogP contribution >= 0.6 is 23.6 Å². The van der Waals surface area contributed by atoms with Crippen molar-refractivity contribution in [1.82, 2.24) is 5.32 Å². The van der Waals surface area contributed by atoms with Gasteiger partial charge in [-0.15, -0.1) is 11.3 Å². The highest BCUT2D eigenvalue weighted by atomic mass is 32.1. The van der Waals surface area contributed by atoms with Gasteiger partial charge in [0.15, 0.2) is 5.11 Å². The number of benzene rings is 2. The Bertz CT molecular complexity index is 1050. The summed E-state index contributed by atoms with van der Waals surface area (Å²) in [6.45, 7) is 1.88. The second-order valence-electron chi connectivity index (χ2n) is 6.87. The zero-order chi connectivity index (χ0) is 21.5. The maximum absolute atomic E-state index is 12.2. The lowest BCUT2D eigenvalue weighted by molar-refractivity contribution is -0.119. The Morgan fingerprint density at radius 1 is 1.00 bits per heavy atom. The fourth-order valence-corrected chi connectivity index (χ4v) is 4.65. The molecule has 1 heterocycles. The second kappa shape index (κ2) is 10.1. The van der Waals surface area contributed by atoms with Crippen molar-refractivity contribution >= 4 is 45.5 Å². The number of thiophene rings is 1. The Morgan fingerprint density at radius 3 is 2.20 bits per heavy atom. The molecule has 3 aromatic rings. The first-order valence-corrected chi connectivity index (χ1v) is 10.8. The lowest BCUT2D eigenvalue weighted by Crippen LogP contribution is -2.34. The van der Waals surface area contributed by atoms with Crippen molar-refractivity contribution in [2.45, 2.75) is 26.2 Å². The van der Waals surface area contributed by atoms with Gasteiger partial charge in [-0.25, -0.2) is 0 Å². The van der Waals surface area contributed by atoms with Crippen LogP contribution < -0.4 is 16.4 Å². The third-order valence-electron chi connectivity index (χ3n) is 4.66. The SMILES string of the molecule is Cc1c(Cc2ccccc2)sc(NC(=S)NC(=O)CCc2ccccc2)c1C(N)=O. The molecule has 0 bridgehead atoms. The Morgan fingerprint density at radius 2 is 1.60 bits per heavy atom. The lowest BCUT2D eigenvalue weighted by atomic mass is 10.1. The molecule has 0 aliphatic rings. The molecular formula is C23H23N3O2S2. The van der Waals surface area contributed by atoms with Gasteiger partial charge in [0.25, 0.3) is 5.91 Å². The summed E-state index contributed by atoms with van der Waals surface area (Å²) in [5.74, 6) is -0.710. The number of carbonyl (C=O) groups is 2. The predicted molar refractivity (Wildman–Crippen MR) is 126 cm³/mol. The topological polar surface area (TPSA) is 84.2 Å². The van der Waals surface area contributed by atoms with E-state index in [0.29, 0.717) is 29.8 Å². The number of hydrogen-bond acceptors (Lipinski definition) is 4. The number of hydrogen-bond donors (Lipinski definition) is 3. The van der Waals surface area contributed by atoms with E-state index in [0.717, 1.165) is 21.6 Å². The van der Waals surface area contributed by atoms with E-state index in [4.69, 9.17) is 18.0 Å². The standard InChI is InChI=1S/C23H23N3O2S2/c1-15-18(14-17-10-6-3-7-11-17)30-22(20(15)21(24)28)26-23(29)25-19(27)13-12-16-8-4-2-5-9-16/h2-11H,12-14H2,1H3,(H2,24,28)(H2,25,26,27,29). The predicted octanol–water partition coefficient (Wildman–Crippen LogP) is 4.19. The van der Waals surface area contributed by atoms with Crippen LogP contribution in [0, 0.1) is 6.92 Å². The average molecular weight is 438 g/mol. The molecule has 1 aromatic heterocycles. The van der Waals surface area contributed by atoms with Gasteiger partial charge in [0.05, 0.1) is 5.56 Å². The first kappa shape index (κ1) is 21.7. The fraction of sp³-hybridized carbons (Fsp3) is 0.174. The van der Waals surface area contributed by atoms with Crippen LogP contribution in [0.1, 0.15) is 38.3 Å². The highest BCUT2D eigenvalue weighted by molar-refractivity contribution is 7.80. The molecule has 0 saturated heterocycles. The molecule has 3 rings (SSSR count). The summed E-state index contributed by atoms with van der Waals surface area (Å²) in [4.78, 5) is 25.3. The van der Waals surface area contributed by atoms with Crippen molar-refractivity contribution in [1.29, 1.82) is 0 Å². The summed E-state index contributed by atoms with van der Waals surface area (Å²) in [6.07, 6.45) is 1.63. The molecular weight excluding hydrogens is 414 g/mol. The van der Waals surface area contributed by atoms with E-state index in [1.54, 1.807) is 0 Å². The maximum Gasteiger partial charge on any atom is 0.251 e. The number of primary amides is 1. The van der Waals surface area contributed by atoms with Crippen LogP contribution in [0.4, 0.5) is 5.00 Å². The van der Waals surface area contributed by atoms with E-state index in [9.17, 15) is 9.59 Å². The van der Waals surface area contributed by atoms with E-state index in [-0.39, 0.29) is 11.0 Å². The summed E-state index contributed by atoms with van der Waals surface area (Å²) < 4.78 is 0. The van der Waals surface area contributed by atoms with Crippen LogP contribution in [0.3, 0.4) is 0 Å².